The van der Waals surface area contributed by atoms with Crippen LogP contribution in [0.3, 0.4) is 0 Å². The fourth-order valence-electron chi connectivity index (χ4n) is 2.01. The van der Waals surface area contributed by atoms with Crippen molar-refractivity contribution in [2.24, 2.45) is 0 Å². The van der Waals surface area contributed by atoms with Crippen molar-refractivity contribution in [3.05, 3.63) is 29.8 Å². The van der Waals surface area contributed by atoms with E-state index < -0.39 is 0 Å². The zero-order valence-corrected chi connectivity index (χ0v) is 11.8. The Kier molecular flexibility index (Phi) is 5.24. The van der Waals surface area contributed by atoms with Crippen LogP contribution >= 0.6 is 0 Å². The molecule has 1 aromatic carbocycles. The van der Waals surface area contributed by atoms with Crippen LogP contribution < -0.4 is 10.1 Å². The van der Waals surface area contributed by atoms with Gasteiger partial charge in [-0.25, -0.2) is 4.79 Å². The van der Waals surface area contributed by atoms with Gasteiger partial charge in [0.05, 0.1) is 13.2 Å². The summed E-state index contributed by atoms with van der Waals surface area (Å²) in [7, 11) is 0. The van der Waals surface area contributed by atoms with Crippen molar-refractivity contribution < 1.29 is 14.6 Å². The first-order chi connectivity index (χ1) is 9.70. The van der Waals surface area contributed by atoms with Crippen LogP contribution in [0.15, 0.2) is 24.3 Å². The molecule has 0 heterocycles. The van der Waals surface area contributed by atoms with Crippen LogP contribution in [0.5, 0.6) is 5.75 Å². The molecular formula is C15H22N2O3. The molecule has 0 radical (unpaired) electrons. The highest BCUT2D eigenvalue weighted by molar-refractivity contribution is 5.74. The molecule has 110 valence electrons. The topological polar surface area (TPSA) is 61.8 Å². The minimum atomic E-state index is -0.117. The summed E-state index contributed by atoms with van der Waals surface area (Å²) in [5.74, 6) is 0.805. The van der Waals surface area contributed by atoms with E-state index in [4.69, 9.17) is 9.84 Å². The zero-order valence-electron chi connectivity index (χ0n) is 11.8. The Morgan fingerprint density at radius 3 is 2.70 bits per heavy atom. The van der Waals surface area contributed by atoms with E-state index >= 15 is 0 Å². The SMILES string of the molecule is Cc1ccc(OCCNC(=O)N(CCO)C2CC2)cc1. The lowest BCUT2D eigenvalue weighted by atomic mass is 10.2. The molecule has 2 amide bonds. The summed E-state index contributed by atoms with van der Waals surface area (Å²) < 4.78 is 5.54. The molecule has 0 bridgehead atoms. The van der Waals surface area contributed by atoms with E-state index in [-0.39, 0.29) is 12.6 Å². The number of carbonyl (C=O) groups excluding carboxylic acids is 1. The Balaban J connectivity index is 1.67. The number of hydrogen-bond donors (Lipinski definition) is 2. The predicted molar refractivity (Wildman–Crippen MR) is 76.9 cm³/mol. The van der Waals surface area contributed by atoms with E-state index in [1.165, 1.54) is 5.56 Å². The predicted octanol–water partition coefficient (Wildman–Crippen LogP) is 1.54. The molecule has 0 aliphatic heterocycles. The highest BCUT2D eigenvalue weighted by Crippen LogP contribution is 2.26. The number of rotatable bonds is 7. The quantitative estimate of drug-likeness (QED) is 0.744. The third-order valence-electron chi connectivity index (χ3n) is 3.26. The van der Waals surface area contributed by atoms with E-state index in [1.807, 2.05) is 31.2 Å². The normalized spacial score (nSPS) is 13.9. The first-order valence-electron chi connectivity index (χ1n) is 7.05. The zero-order chi connectivity index (χ0) is 14.4. The molecule has 0 aromatic heterocycles. The van der Waals surface area contributed by atoms with Crippen molar-refractivity contribution in [2.75, 3.05) is 26.3 Å². The molecule has 1 aromatic rings. The Labute approximate surface area is 119 Å². The van der Waals surface area contributed by atoms with Gasteiger partial charge in [0.15, 0.2) is 0 Å². The molecule has 1 aliphatic carbocycles. The number of carbonyl (C=O) groups is 1. The molecule has 1 fully saturated rings. The summed E-state index contributed by atoms with van der Waals surface area (Å²) in [6.45, 7) is 3.32. The van der Waals surface area contributed by atoms with Crippen molar-refractivity contribution in [3.63, 3.8) is 0 Å². The maximum absolute atomic E-state index is 11.9. The van der Waals surface area contributed by atoms with Crippen molar-refractivity contribution >= 4 is 6.03 Å². The number of nitrogens with zero attached hydrogens (tertiary/aromatic N) is 1. The summed E-state index contributed by atoms with van der Waals surface area (Å²) in [6, 6.07) is 8.00. The molecule has 0 spiro atoms. The minimum Gasteiger partial charge on any atom is -0.492 e. The van der Waals surface area contributed by atoms with Crippen molar-refractivity contribution in [1.29, 1.82) is 0 Å². The number of aryl methyl sites for hydroxylation is 1. The van der Waals surface area contributed by atoms with Gasteiger partial charge in [-0.05, 0) is 31.9 Å². The van der Waals surface area contributed by atoms with Crippen LogP contribution in [0, 0.1) is 6.92 Å². The first-order valence-corrected chi connectivity index (χ1v) is 7.05. The van der Waals surface area contributed by atoms with E-state index in [0.717, 1.165) is 18.6 Å². The average molecular weight is 278 g/mol. The van der Waals surface area contributed by atoms with Gasteiger partial charge in [-0.15, -0.1) is 0 Å². The van der Waals surface area contributed by atoms with E-state index in [1.54, 1.807) is 4.90 Å². The highest BCUT2D eigenvalue weighted by atomic mass is 16.5. The fraction of sp³-hybridized carbons (Fsp3) is 0.533. The number of nitrogens with one attached hydrogen (secondary N) is 1. The summed E-state index contributed by atoms with van der Waals surface area (Å²) in [6.07, 6.45) is 2.07. The van der Waals surface area contributed by atoms with E-state index in [2.05, 4.69) is 5.32 Å². The molecule has 1 aliphatic rings. The van der Waals surface area contributed by atoms with Gasteiger partial charge >= 0.3 is 6.03 Å². The van der Waals surface area contributed by atoms with E-state index in [9.17, 15) is 4.79 Å². The van der Waals surface area contributed by atoms with Gasteiger partial charge in [-0.2, -0.15) is 0 Å². The molecule has 0 unspecified atom stereocenters. The third-order valence-corrected chi connectivity index (χ3v) is 3.26. The average Bonchev–Trinajstić information content (AvgIpc) is 3.27. The number of aliphatic hydroxyl groups excluding tert-OH is 1. The lowest BCUT2D eigenvalue weighted by Gasteiger charge is -2.21. The smallest absolute Gasteiger partial charge is 0.317 e. The largest absolute Gasteiger partial charge is 0.492 e. The summed E-state index contributed by atoms with van der Waals surface area (Å²) in [4.78, 5) is 13.6. The lowest BCUT2D eigenvalue weighted by molar-refractivity contribution is 0.171. The fourth-order valence-corrected chi connectivity index (χ4v) is 2.01. The summed E-state index contributed by atoms with van der Waals surface area (Å²) >= 11 is 0. The molecule has 5 heteroatoms. The summed E-state index contributed by atoms with van der Waals surface area (Å²) in [5, 5.41) is 11.8. The molecular weight excluding hydrogens is 256 g/mol. The van der Waals surface area contributed by atoms with Gasteiger partial charge in [0.25, 0.3) is 0 Å². The lowest BCUT2D eigenvalue weighted by Crippen LogP contribution is -2.44. The number of aliphatic hydroxyl groups is 1. The minimum absolute atomic E-state index is 0.00376. The maximum Gasteiger partial charge on any atom is 0.317 e. The van der Waals surface area contributed by atoms with Crippen LogP contribution in [0.1, 0.15) is 18.4 Å². The maximum atomic E-state index is 11.9. The van der Waals surface area contributed by atoms with Gasteiger partial charge in [-0.3, -0.25) is 0 Å². The van der Waals surface area contributed by atoms with Gasteiger partial charge in [0.2, 0.25) is 0 Å². The van der Waals surface area contributed by atoms with Crippen LogP contribution in [0.4, 0.5) is 4.79 Å². The third kappa shape index (κ3) is 4.42. The van der Waals surface area contributed by atoms with Crippen molar-refractivity contribution in [2.45, 2.75) is 25.8 Å². The number of hydrogen-bond acceptors (Lipinski definition) is 3. The van der Waals surface area contributed by atoms with Crippen LogP contribution in [0.2, 0.25) is 0 Å². The second-order valence-corrected chi connectivity index (χ2v) is 5.04. The van der Waals surface area contributed by atoms with Crippen LogP contribution in [-0.4, -0.2) is 48.4 Å². The number of urea groups is 1. The Morgan fingerprint density at radius 2 is 2.10 bits per heavy atom. The van der Waals surface area contributed by atoms with Crippen molar-refractivity contribution in [1.82, 2.24) is 10.2 Å². The molecule has 5 nitrogen and oxygen atoms in total. The van der Waals surface area contributed by atoms with Gasteiger partial charge < -0.3 is 20.1 Å². The van der Waals surface area contributed by atoms with Gasteiger partial charge in [0.1, 0.15) is 12.4 Å². The summed E-state index contributed by atoms with van der Waals surface area (Å²) in [5.41, 5.74) is 1.19. The molecule has 2 N–H and O–H groups in total. The molecule has 0 saturated heterocycles. The monoisotopic (exact) mass is 278 g/mol. The van der Waals surface area contributed by atoms with Gasteiger partial charge in [0, 0.05) is 12.6 Å². The van der Waals surface area contributed by atoms with Crippen LogP contribution in [-0.2, 0) is 0 Å². The molecule has 2 rings (SSSR count). The molecule has 1 saturated carbocycles. The number of ether oxygens (including phenoxy) is 1. The van der Waals surface area contributed by atoms with E-state index in [0.29, 0.717) is 25.7 Å². The highest BCUT2D eigenvalue weighted by Gasteiger charge is 2.31. The van der Waals surface area contributed by atoms with Crippen LogP contribution in [0.25, 0.3) is 0 Å². The van der Waals surface area contributed by atoms with Gasteiger partial charge in [-0.1, -0.05) is 17.7 Å². The standard InChI is InChI=1S/C15H22N2O3/c1-12-2-6-14(7-3-12)20-11-8-16-15(19)17(9-10-18)13-4-5-13/h2-3,6-7,13,18H,4-5,8-11H2,1H3,(H,16,19). The van der Waals surface area contributed by atoms with Crippen molar-refractivity contribution in [3.8, 4) is 5.75 Å². The number of amides is 2. The second kappa shape index (κ2) is 7.14. The molecule has 20 heavy (non-hydrogen) atoms. The number of benzene rings is 1. The first kappa shape index (κ1) is 14.7. The Hall–Kier alpha value is -1.75. The molecule has 0 atom stereocenters. The Morgan fingerprint density at radius 1 is 1.40 bits per heavy atom. The second-order valence-electron chi connectivity index (χ2n) is 5.04. The Bertz CT molecular complexity index is 429.